The average Bonchev–Trinajstić information content (AvgIpc) is 2.39. The predicted molar refractivity (Wildman–Crippen MR) is 80.0 cm³/mol. The SMILES string of the molecule is CC(C)N(CCCN)C(C)C(=O)Nc1ccccc1. The van der Waals surface area contributed by atoms with Crippen molar-refractivity contribution in [3.05, 3.63) is 30.3 Å². The number of carbonyl (C=O) groups is 1. The fourth-order valence-corrected chi connectivity index (χ4v) is 2.09. The number of nitrogens with one attached hydrogen (secondary N) is 1. The van der Waals surface area contributed by atoms with Crippen LogP contribution in [-0.2, 0) is 4.79 Å². The van der Waals surface area contributed by atoms with E-state index in [0.717, 1.165) is 18.7 Å². The van der Waals surface area contributed by atoms with Gasteiger partial charge in [-0.05, 0) is 45.9 Å². The maximum absolute atomic E-state index is 12.2. The van der Waals surface area contributed by atoms with E-state index in [1.54, 1.807) is 0 Å². The number of hydrogen-bond acceptors (Lipinski definition) is 3. The van der Waals surface area contributed by atoms with E-state index in [1.807, 2.05) is 37.3 Å². The van der Waals surface area contributed by atoms with Crippen molar-refractivity contribution in [1.82, 2.24) is 4.90 Å². The van der Waals surface area contributed by atoms with Crippen molar-refractivity contribution in [1.29, 1.82) is 0 Å². The molecule has 0 aliphatic carbocycles. The molecule has 3 N–H and O–H groups in total. The normalized spacial score (nSPS) is 12.7. The van der Waals surface area contributed by atoms with Crippen molar-refractivity contribution >= 4 is 11.6 Å². The van der Waals surface area contributed by atoms with Gasteiger partial charge in [-0.2, -0.15) is 0 Å². The third kappa shape index (κ3) is 5.01. The Morgan fingerprint density at radius 1 is 1.26 bits per heavy atom. The molecule has 1 rings (SSSR count). The zero-order chi connectivity index (χ0) is 14.3. The molecule has 0 radical (unpaired) electrons. The molecule has 1 aromatic rings. The molecular weight excluding hydrogens is 238 g/mol. The number of rotatable bonds is 7. The fourth-order valence-electron chi connectivity index (χ4n) is 2.09. The van der Waals surface area contributed by atoms with Crippen LogP contribution in [0.4, 0.5) is 5.69 Å². The largest absolute Gasteiger partial charge is 0.330 e. The first-order chi connectivity index (χ1) is 9.06. The second-order valence-corrected chi connectivity index (χ2v) is 5.01. The Labute approximate surface area is 116 Å². The van der Waals surface area contributed by atoms with Crippen molar-refractivity contribution in [2.24, 2.45) is 5.73 Å². The van der Waals surface area contributed by atoms with E-state index in [1.165, 1.54) is 0 Å². The molecule has 19 heavy (non-hydrogen) atoms. The van der Waals surface area contributed by atoms with Gasteiger partial charge in [0.2, 0.25) is 5.91 Å². The highest BCUT2D eigenvalue weighted by atomic mass is 16.2. The van der Waals surface area contributed by atoms with Crippen LogP contribution in [0.2, 0.25) is 0 Å². The van der Waals surface area contributed by atoms with Gasteiger partial charge in [0, 0.05) is 18.3 Å². The van der Waals surface area contributed by atoms with Crippen LogP contribution in [0.5, 0.6) is 0 Å². The van der Waals surface area contributed by atoms with Gasteiger partial charge in [0.15, 0.2) is 0 Å². The second kappa shape index (κ2) is 7.92. The monoisotopic (exact) mass is 263 g/mol. The molecule has 0 bridgehead atoms. The lowest BCUT2D eigenvalue weighted by atomic mass is 10.2. The number of anilines is 1. The van der Waals surface area contributed by atoms with E-state index in [9.17, 15) is 4.79 Å². The van der Waals surface area contributed by atoms with Crippen molar-refractivity contribution in [2.45, 2.75) is 39.3 Å². The third-order valence-corrected chi connectivity index (χ3v) is 3.20. The van der Waals surface area contributed by atoms with Gasteiger partial charge in [0.25, 0.3) is 0 Å². The number of nitrogens with two attached hydrogens (primary N) is 1. The molecule has 1 atom stereocenters. The number of carbonyl (C=O) groups excluding carboxylic acids is 1. The van der Waals surface area contributed by atoms with E-state index in [0.29, 0.717) is 12.6 Å². The lowest BCUT2D eigenvalue weighted by molar-refractivity contribution is -0.121. The van der Waals surface area contributed by atoms with Crippen molar-refractivity contribution in [3.63, 3.8) is 0 Å². The highest BCUT2D eigenvalue weighted by Crippen LogP contribution is 2.11. The topological polar surface area (TPSA) is 58.4 Å². The first-order valence-electron chi connectivity index (χ1n) is 6.88. The van der Waals surface area contributed by atoms with E-state index in [-0.39, 0.29) is 11.9 Å². The molecule has 0 aliphatic rings. The van der Waals surface area contributed by atoms with E-state index in [4.69, 9.17) is 5.73 Å². The van der Waals surface area contributed by atoms with Crippen LogP contribution in [0.1, 0.15) is 27.2 Å². The molecule has 0 aromatic heterocycles. The minimum absolute atomic E-state index is 0.0249. The van der Waals surface area contributed by atoms with Gasteiger partial charge in [0.05, 0.1) is 6.04 Å². The molecule has 1 amide bonds. The first kappa shape index (κ1) is 15.7. The maximum atomic E-state index is 12.2. The number of nitrogens with zero attached hydrogens (tertiary/aromatic N) is 1. The standard InChI is InChI=1S/C15H25N3O/c1-12(2)18(11-7-10-16)13(3)15(19)17-14-8-5-4-6-9-14/h4-6,8-9,12-13H,7,10-11,16H2,1-3H3,(H,17,19). The molecule has 0 spiro atoms. The predicted octanol–water partition coefficient (Wildman–Crippen LogP) is 2.07. The van der Waals surface area contributed by atoms with Gasteiger partial charge in [-0.3, -0.25) is 9.69 Å². The number of benzene rings is 1. The molecule has 0 fully saturated rings. The quantitative estimate of drug-likeness (QED) is 0.792. The summed E-state index contributed by atoms with van der Waals surface area (Å²) in [5.41, 5.74) is 6.38. The summed E-state index contributed by atoms with van der Waals surface area (Å²) < 4.78 is 0. The Morgan fingerprint density at radius 2 is 1.89 bits per heavy atom. The first-order valence-corrected chi connectivity index (χ1v) is 6.88. The molecule has 4 heteroatoms. The molecule has 1 aromatic carbocycles. The summed E-state index contributed by atoms with van der Waals surface area (Å²) >= 11 is 0. The van der Waals surface area contributed by atoms with Crippen LogP contribution in [-0.4, -0.2) is 36.0 Å². The summed E-state index contributed by atoms with van der Waals surface area (Å²) in [5, 5.41) is 2.94. The zero-order valence-corrected chi connectivity index (χ0v) is 12.1. The lowest BCUT2D eigenvalue weighted by Crippen LogP contribution is -2.46. The highest BCUT2D eigenvalue weighted by molar-refractivity contribution is 5.94. The van der Waals surface area contributed by atoms with Crippen molar-refractivity contribution in [2.75, 3.05) is 18.4 Å². The van der Waals surface area contributed by atoms with E-state index >= 15 is 0 Å². The number of para-hydroxylation sites is 1. The minimum atomic E-state index is -0.160. The second-order valence-electron chi connectivity index (χ2n) is 5.01. The smallest absolute Gasteiger partial charge is 0.241 e. The van der Waals surface area contributed by atoms with Crippen LogP contribution in [0.3, 0.4) is 0 Å². The average molecular weight is 263 g/mol. The van der Waals surface area contributed by atoms with Gasteiger partial charge < -0.3 is 11.1 Å². The number of amides is 1. The van der Waals surface area contributed by atoms with Crippen LogP contribution in [0, 0.1) is 0 Å². The molecule has 0 saturated carbocycles. The molecule has 0 aliphatic heterocycles. The van der Waals surface area contributed by atoms with Crippen LogP contribution >= 0.6 is 0 Å². The summed E-state index contributed by atoms with van der Waals surface area (Å²) in [7, 11) is 0. The molecule has 4 nitrogen and oxygen atoms in total. The fraction of sp³-hybridized carbons (Fsp3) is 0.533. The van der Waals surface area contributed by atoms with Crippen LogP contribution in [0.15, 0.2) is 30.3 Å². The summed E-state index contributed by atoms with van der Waals surface area (Å²) in [6, 6.07) is 9.70. The Balaban J connectivity index is 2.63. The molecule has 0 saturated heterocycles. The Morgan fingerprint density at radius 3 is 2.42 bits per heavy atom. The van der Waals surface area contributed by atoms with Gasteiger partial charge >= 0.3 is 0 Å². The Hall–Kier alpha value is -1.39. The molecular formula is C15H25N3O. The van der Waals surface area contributed by atoms with Gasteiger partial charge in [0.1, 0.15) is 0 Å². The van der Waals surface area contributed by atoms with Crippen LogP contribution < -0.4 is 11.1 Å². The lowest BCUT2D eigenvalue weighted by Gasteiger charge is -2.31. The minimum Gasteiger partial charge on any atom is -0.330 e. The summed E-state index contributed by atoms with van der Waals surface area (Å²) in [6.45, 7) is 7.63. The maximum Gasteiger partial charge on any atom is 0.241 e. The Bertz CT molecular complexity index is 378. The molecule has 1 unspecified atom stereocenters. The van der Waals surface area contributed by atoms with E-state index in [2.05, 4.69) is 24.1 Å². The van der Waals surface area contributed by atoms with E-state index < -0.39 is 0 Å². The van der Waals surface area contributed by atoms with Crippen LogP contribution in [0.25, 0.3) is 0 Å². The van der Waals surface area contributed by atoms with Gasteiger partial charge in [-0.1, -0.05) is 18.2 Å². The summed E-state index contributed by atoms with van der Waals surface area (Å²) in [6.07, 6.45) is 0.904. The van der Waals surface area contributed by atoms with Gasteiger partial charge in [-0.25, -0.2) is 0 Å². The highest BCUT2D eigenvalue weighted by Gasteiger charge is 2.23. The van der Waals surface area contributed by atoms with Gasteiger partial charge in [-0.15, -0.1) is 0 Å². The summed E-state index contributed by atoms with van der Waals surface area (Å²) in [5.74, 6) is 0.0249. The number of hydrogen-bond donors (Lipinski definition) is 2. The molecule has 106 valence electrons. The van der Waals surface area contributed by atoms with Crippen molar-refractivity contribution < 1.29 is 4.79 Å². The zero-order valence-electron chi connectivity index (χ0n) is 12.1. The Kier molecular flexibility index (Phi) is 6.53. The molecule has 0 heterocycles. The summed E-state index contributed by atoms with van der Waals surface area (Å²) in [4.78, 5) is 14.4. The third-order valence-electron chi connectivity index (χ3n) is 3.20. The van der Waals surface area contributed by atoms with Crippen molar-refractivity contribution in [3.8, 4) is 0 Å².